The van der Waals surface area contributed by atoms with E-state index in [0.29, 0.717) is 11.4 Å². The van der Waals surface area contributed by atoms with Gasteiger partial charge in [-0.3, -0.25) is 14.4 Å². The summed E-state index contributed by atoms with van der Waals surface area (Å²) < 4.78 is 44.8. The molecule has 0 bridgehead atoms. The molecule has 6 nitrogen and oxygen atoms in total. The van der Waals surface area contributed by atoms with Crippen molar-refractivity contribution in [3.8, 4) is 5.75 Å². The van der Waals surface area contributed by atoms with Gasteiger partial charge in [-0.1, -0.05) is 0 Å². The molecular weight excluding hydrogens is 377 g/mol. The van der Waals surface area contributed by atoms with Crippen molar-refractivity contribution in [3.63, 3.8) is 0 Å². The van der Waals surface area contributed by atoms with E-state index in [-0.39, 0.29) is 31.0 Å². The molecule has 1 aliphatic heterocycles. The molecule has 9 heteroatoms. The predicted octanol–water partition coefficient (Wildman–Crippen LogP) is 2.09. The Morgan fingerprint density at radius 3 is 2.29 bits per heavy atom. The van der Waals surface area contributed by atoms with Crippen molar-refractivity contribution in [1.82, 2.24) is 0 Å². The summed E-state index contributed by atoms with van der Waals surface area (Å²) in [4.78, 5) is 36.1. The van der Waals surface area contributed by atoms with Crippen molar-refractivity contribution >= 4 is 23.3 Å². The second-order valence-electron chi connectivity index (χ2n) is 6.29. The van der Waals surface area contributed by atoms with E-state index in [1.54, 1.807) is 12.1 Å². The largest absolute Gasteiger partial charge is 0.489 e. The van der Waals surface area contributed by atoms with Gasteiger partial charge in [0.25, 0.3) is 5.91 Å². The Morgan fingerprint density at radius 1 is 1.11 bits per heavy atom. The van der Waals surface area contributed by atoms with Gasteiger partial charge in [0, 0.05) is 18.7 Å². The molecule has 2 N–H and O–H groups in total. The number of carbonyl (C=O) groups is 3. The lowest BCUT2D eigenvalue weighted by molar-refractivity contribution is -0.138. The minimum atomic E-state index is -1.54. The summed E-state index contributed by atoms with van der Waals surface area (Å²) in [6, 6.07) is 7.87. The number of ketones is 1. The van der Waals surface area contributed by atoms with Gasteiger partial charge in [0.15, 0.2) is 17.5 Å². The molecule has 0 aliphatic carbocycles. The quantitative estimate of drug-likeness (QED) is 0.602. The van der Waals surface area contributed by atoms with Gasteiger partial charge in [-0.05, 0) is 42.0 Å². The van der Waals surface area contributed by atoms with Crippen LogP contribution in [0.25, 0.3) is 0 Å². The minimum Gasteiger partial charge on any atom is -0.489 e. The summed E-state index contributed by atoms with van der Waals surface area (Å²) in [6.07, 6.45) is -0.0955. The van der Waals surface area contributed by atoms with Crippen LogP contribution in [0.5, 0.6) is 5.75 Å². The fourth-order valence-electron chi connectivity index (χ4n) is 2.91. The van der Waals surface area contributed by atoms with E-state index >= 15 is 0 Å². The first-order valence-electron chi connectivity index (χ1n) is 8.26. The molecule has 0 radical (unpaired) electrons. The predicted molar refractivity (Wildman–Crippen MR) is 91.8 cm³/mol. The highest BCUT2D eigenvalue weighted by Gasteiger charge is 2.36. The molecule has 146 valence electrons. The number of nitrogens with zero attached hydrogens (tertiary/aromatic N) is 1. The lowest BCUT2D eigenvalue weighted by Gasteiger charge is -2.17. The maximum absolute atomic E-state index is 13.2. The van der Waals surface area contributed by atoms with Crippen molar-refractivity contribution in [1.29, 1.82) is 0 Å². The molecule has 1 heterocycles. The molecule has 0 spiro atoms. The topological polar surface area (TPSA) is 89.7 Å². The summed E-state index contributed by atoms with van der Waals surface area (Å²) in [5.74, 6) is -6.74. The van der Waals surface area contributed by atoms with Crippen LogP contribution in [-0.4, -0.2) is 24.1 Å². The summed E-state index contributed by atoms with van der Waals surface area (Å²) >= 11 is 0. The maximum Gasteiger partial charge on any atom is 0.285 e. The van der Waals surface area contributed by atoms with Gasteiger partial charge in [0.2, 0.25) is 11.7 Å². The minimum absolute atomic E-state index is 0.0505. The van der Waals surface area contributed by atoms with E-state index < -0.39 is 35.1 Å². The Bertz CT molecular complexity index is 924. The molecule has 1 unspecified atom stereocenters. The third-order valence-electron chi connectivity index (χ3n) is 4.34. The Kier molecular flexibility index (Phi) is 5.34. The van der Waals surface area contributed by atoms with E-state index in [1.807, 2.05) is 0 Å². The molecule has 0 aromatic heterocycles. The fourth-order valence-corrected chi connectivity index (χ4v) is 2.91. The van der Waals surface area contributed by atoms with Gasteiger partial charge in [0.1, 0.15) is 12.4 Å². The van der Waals surface area contributed by atoms with Crippen LogP contribution >= 0.6 is 0 Å². The smallest absolute Gasteiger partial charge is 0.285 e. The zero-order valence-electron chi connectivity index (χ0n) is 14.5. The van der Waals surface area contributed by atoms with Crippen LogP contribution in [0.4, 0.5) is 18.9 Å². The molecule has 2 amide bonds. The number of carbonyl (C=O) groups excluding carboxylic acids is 3. The van der Waals surface area contributed by atoms with Gasteiger partial charge < -0.3 is 15.4 Å². The Morgan fingerprint density at radius 2 is 1.71 bits per heavy atom. The van der Waals surface area contributed by atoms with Crippen molar-refractivity contribution in [2.45, 2.75) is 13.0 Å². The third-order valence-corrected chi connectivity index (χ3v) is 4.34. The number of nitrogens with two attached hydrogens (primary N) is 1. The summed E-state index contributed by atoms with van der Waals surface area (Å²) in [5.41, 5.74) is 5.58. The van der Waals surface area contributed by atoms with Crippen LogP contribution in [-0.2, 0) is 21.0 Å². The molecule has 1 fully saturated rings. The lowest BCUT2D eigenvalue weighted by atomic mass is 10.0. The van der Waals surface area contributed by atoms with E-state index in [9.17, 15) is 27.6 Å². The van der Waals surface area contributed by atoms with Crippen LogP contribution in [0.3, 0.4) is 0 Å². The van der Waals surface area contributed by atoms with Gasteiger partial charge in [-0.15, -0.1) is 0 Å². The zero-order chi connectivity index (χ0) is 20.4. The number of ether oxygens (including phenoxy) is 1. The van der Waals surface area contributed by atoms with Crippen LogP contribution < -0.4 is 15.4 Å². The molecule has 28 heavy (non-hydrogen) atoms. The number of Topliss-reactive ketones (excluding diaryl/α,β-unsaturated/α-hetero) is 1. The van der Waals surface area contributed by atoms with Crippen LogP contribution in [0, 0.1) is 23.4 Å². The van der Waals surface area contributed by atoms with Crippen molar-refractivity contribution in [2.24, 2.45) is 11.7 Å². The van der Waals surface area contributed by atoms with Gasteiger partial charge in [-0.25, -0.2) is 13.2 Å². The zero-order valence-corrected chi connectivity index (χ0v) is 14.5. The monoisotopic (exact) mass is 392 g/mol. The van der Waals surface area contributed by atoms with E-state index in [4.69, 9.17) is 10.5 Å². The van der Waals surface area contributed by atoms with Gasteiger partial charge in [0.05, 0.1) is 5.92 Å². The highest BCUT2D eigenvalue weighted by molar-refractivity contribution is 6.37. The van der Waals surface area contributed by atoms with Crippen molar-refractivity contribution < 1.29 is 32.3 Å². The average Bonchev–Trinajstić information content (AvgIpc) is 3.05. The van der Waals surface area contributed by atoms with Crippen LogP contribution in [0.2, 0.25) is 0 Å². The van der Waals surface area contributed by atoms with E-state index in [1.165, 1.54) is 17.0 Å². The summed E-state index contributed by atoms with van der Waals surface area (Å²) in [6.45, 7) is -0.139. The number of hydrogen-bond donors (Lipinski definition) is 1. The van der Waals surface area contributed by atoms with E-state index in [2.05, 4.69) is 0 Å². The maximum atomic E-state index is 13.2. The highest BCUT2D eigenvalue weighted by atomic mass is 19.2. The summed E-state index contributed by atoms with van der Waals surface area (Å²) in [7, 11) is 0. The Hall–Kier alpha value is -3.36. The first-order chi connectivity index (χ1) is 13.3. The second kappa shape index (κ2) is 7.71. The average molecular weight is 392 g/mol. The number of halogens is 3. The van der Waals surface area contributed by atoms with Gasteiger partial charge >= 0.3 is 0 Å². The van der Waals surface area contributed by atoms with Crippen LogP contribution in [0.15, 0.2) is 36.4 Å². The van der Waals surface area contributed by atoms with Gasteiger partial charge in [-0.2, -0.15) is 0 Å². The molecule has 1 aliphatic rings. The van der Waals surface area contributed by atoms with Crippen molar-refractivity contribution in [3.05, 3.63) is 59.4 Å². The summed E-state index contributed by atoms with van der Waals surface area (Å²) in [5, 5.41) is 0. The second-order valence-corrected chi connectivity index (χ2v) is 6.29. The Balaban J connectivity index is 1.65. The first-order valence-corrected chi connectivity index (χ1v) is 8.26. The third kappa shape index (κ3) is 3.98. The number of primary amides is 1. The molecule has 0 saturated carbocycles. The van der Waals surface area contributed by atoms with Crippen LogP contribution in [0.1, 0.15) is 12.0 Å². The molecule has 3 rings (SSSR count). The van der Waals surface area contributed by atoms with E-state index in [0.717, 1.165) is 12.1 Å². The van der Waals surface area contributed by atoms with Crippen molar-refractivity contribution in [2.75, 3.05) is 11.4 Å². The number of rotatable bonds is 6. The molecule has 2 aromatic rings. The normalized spacial score (nSPS) is 16.3. The molecule has 2 aromatic carbocycles. The lowest BCUT2D eigenvalue weighted by Crippen LogP contribution is -2.32. The molecule has 1 saturated heterocycles. The number of amides is 2. The number of benzene rings is 2. The Labute approximate surface area is 157 Å². The fraction of sp³-hybridized carbons (Fsp3) is 0.211. The standard InChI is InChI=1S/C19H15F3N2O4/c20-14-5-10(6-15(21)17(14)22)9-28-13-3-1-12(2-4-13)24-8-11(7-16(24)25)18(26)19(23)27/h1-6,11H,7-9H2,(H2,23,27). The molecule has 1 atom stereocenters. The number of hydrogen-bond acceptors (Lipinski definition) is 4. The SMILES string of the molecule is NC(=O)C(=O)C1CC(=O)N(c2ccc(OCc3cc(F)c(F)c(F)c3)cc2)C1. The number of anilines is 1. The first kappa shape index (κ1) is 19.4. The highest BCUT2D eigenvalue weighted by Crippen LogP contribution is 2.27. The molecular formula is C19H15F3N2O4.